The van der Waals surface area contributed by atoms with Gasteiger partial charge in [0.05, 0.1) is 17.2 Å². The van der Waals surface area contributed by atoms with Gasteiger partial charge in [-0.3, -0.25) is 0 Å². The molecule has 7 heteroatoms. The molecule has 0 fully saturated rings. The Hall–Kier alpha value is -2.38. The van der Waals surface area contributed by atoms with Gasteiger partial charge < -0.3 is 15.2 Å². The number of nitrogens with two attached hydrogens (primary N) is 1. The molecule has 2 aromatic heterocycles. The van der Waals surface area contributed by atoms with Gasteiger partial charge in [-0.1, -0.05) is 12.1 Å². The fourth-order valence-electron chi connectivity index (χ4n) is 1.97. The van der Waals surface area contributed by atoms with Gasteiger partial charge in [-0.2, -0.15) is 4.98 Å². The quantitative estimate of drug-likeness (QED) is 0.559. The molecule has 2 heterocycles. The number of methoxy groups -OCH3 is 1. The topological polar surface area (TPSA) is 75.2 Å². The lowest BCUT2D eigenvalue weighted by atomic mass is 10.3. The zero-order valence-electron chi connectivity index (χ0n) is 12.1. The minimum Gasteiger partial charge on any atom is -0.460 e. The normalized spacial score (nSPS) is 10.8. The summed E-state index contributed by atoms with van der Waals surface area (Å²) in [5.41, 5.74) is 7.38. The van der Waals surface area contributed by atoms with Gasteiger partial charge >= 0.3 is 6.01 Å². The highest BCUT2D eigenvalue weighted by Gasteiger charge is 2.15. The average molecular weight is 316 g/mol. The largest absolute Gasteiger partial charge is 0.460 e. The van der Waals surface area contributed by atoms with Crippen LogP contribution in [-0.2, 0) is 4.74 Å². The van der Waals surface area contributed by atoms with Gasteiger partial charge in [-0.05, 0) is 29.6 Å². The van der Waals surface area contributed by atoms with Gasteiger partial charge in [0.2, 0.25) is 0 Å². The Morgan fingerprint density at radius 1 is 1.23 bits per heavy atom. The summed E-state index contributed by atoms with van der Waals surface area (Å²) in [5.74, 6) is 0.730. The van der Waals surface area contributed by atoms with Crippen molar-refractivity contribution in [3.63, 3.8) is 0 Å². The van der Waals surface area contributed by atoms with Gasteiger partial charge in [-0.15, -0.1) is 16.4 Å². The van der Waals surface area contributed by atoms with E-state index in [4.69, 9.17) is 15.2 Å². The third-order valence-corrected chi connectivity index (χ3v) is 3.83. The van der Waals surface area contributed by atoms with E-state index in [1.54, 1.807) is 23.1 Å². The van der Waals surface area contributed by atoms with E-state index in [0.29, 0.717) is 24.9 Å². The molecule has 3 rings (SSSR count). The Morgan fingerprint density at radius 3 is 2.86 bits per heavy atom. The second-order valence-corrected chi connectivity index (χ2v) is 5.49. The van der Waals surface area contributed by atoms with Crippen LogP contribution in [-0.4, -0.2) is 35.1 Å². The van der Waals surface area contributed by atoms with Crippen molar-refractivity contribution in [1.29, 1.82) is 0 Å². The number of nitrogen functional groups attached to an aromatic ring is 1. The van der Waals surface area contributed by atoms with Crippen LogP contribution in [0.15, 0.2) is 41.8 Å². The van der Waals surface area contributed by atoms with E-state index in [-0.39, 0.29) is 0 Å². The third kappa shape index (κ3) is 3.10. The molecule has 0 atom stereocenters. The lowest BCUT2D eigenvalue weighted by Gasteiger charge is -2.04. The van der Waals surface area contributed by atoms with Gasteiger partial charge in [0.15, 0.2) is 5.82 Å². The van der Waals surface area contributed by atoms with Crippen LogP contribution in [0, 0.1) is 0 Å². The van der Waals surface area contributed by atoms with Crippen LogP contribution in [0.4, 0.5) is 5.69 Å². The number of anilines is 1. The molecule has 3 aromatic rings. The molecule has 0 bridgehead atoms. The fraction of sp³-hybridized carbons (Fsp3) is 0.200. The molecule has 0 unspecified atom stereocenters. The van der Waals surface area contributed by atoms with Crippen LogP contribution >= 0.6 is 11.3 Å². The number of nitrogens with zero attached hydrogens (tertiary/aromatic N) is 3. The molecule has 0 amide bonds. The summed E-state index contributed by atoms with van der Waals surface area (Å²) >= 11 is 1.60. The maximum atomic E-state index is 5.86. The van der Waals surface area contributed by atoms with Crippen molar-refractivity contribution < 1.29 is 9.47 Å². The lowest BCUT2D eigenvalue weighted by molar-refractivity contribution is 0.141. The minimum atomic E-state index is 0.322. The van der Waals surface area contributed by atoms with Gasteiger partial charge in [-0.25, -0.2) is 4.68 Å². The van der Waals surface area contributed by atoms with Crippen LogP contribution in [0.2, 0.25) is 0 Å². The van der Waals surface area contributed by atoms with E-state index < -0.39 is 0 Å². The predicted octanol–water partition coefficient (Wildman–Crippen LogP) is 2.60. The maximum absolute atomic E-state index is 5.86. The smallest absolute Gasteiger partial charge is 0.336 e. The van der Waals surface area contributed by atoms with Crippen LogP contribution in [0.5, 0.6) is 6.01 Å². The van der Waals surface area contributed by atoms with Crippen molar-refractivity contribution in [1.82, 2.24) is 14.8 Å². The van der Waals surface area contributed by atoms with Crippen LogP contribution in [0.3, 0.4) is 0 Å². The highest BCUT2D eigenvalue weighted by molar-refractivity contribution is 7.13. The fourth-order valence-corrected chi connectivity index (χ4v) is 2.67. The summed E-state index contributed by atoms with van der Waals surface area (Å²) in [5, 5.41) is 6.43. The molecule has 1 aromatic carbocycles. The first-order valence-electron chi connectivity index (χ1n) is 6.76. The first kappa shape index (κ1) is 14.6. The van der Waals surface area contributed by atoms with Crippen molar-refractivity contribution in [3.05, 3.63) is 41.8 Å². The number of ether oxygens (including phenoxy) is 2. The molecule has 0 saturated heterocycles. The predicted molar refractivity (Wildman–Crippen MR) is 86.5 cm³/mol. The standard InChI is InChI=1S/C15H16N4O2S/c1-20-7-8-21-15-17-14(13-6-3-9-22-13)19(18-15)12-5-2-4-11(16)10-12/h2-6,9-10H,7-8,16H2,1H3. The van der Waals surface area contributed by atoms with Gasteiger partial charge in [0.1, 0.15) is 6.61 Å². The Morgan fingerprint density at radius 2 is 2.14 bits per heavy atom. The summed E-state index contributed by atoms with van der Waals surface area (Å²) in [7, 11) is 1.62. The number of hydrogen-bond donors (Lipinski definition) is 1. The molecule has 22 heavy (non-hydrogen) atoms. The third-order valence-electron chi connectivity index (χ3n) is 2.96. The minimum absolute atomic E-state index is 0.322. The Balaban J connectivity index is 1.99. The number of benzene rings is 1. The van der Waals surface area contributed by atoms with Crippen molar-refractivity contribution in [2.45, 2.75) is 0 Å². The first-order valence-corrected chi connectivity index (χ1v) is 7.64. The van der Waals surface area contributed by atoms with Crippen LogP contribution in [0.1, 0.15) is 0 Å². The van der Waals surface area contributed by atoms with Crippen molar-refractivity contribution in [2.24, 2.45) is 0 Å². The second-order valence-electron chi connectivity index (χ2n) is 4.54. The zero-order valence-corrected chi connectivity index (χ0v) is 12.9. The molecule has 114 valence electrons. The van der Waals surface area contributed by atoms with Crippen molar-refractivity contribution >= 4 is 17.0 Å². The molecule has 0 radical (unpaired) electrons. The molecule has 2 N–H and O–H groups in total. The molecule has 0 saturated carbocycles. The number of aromatic nitrogens is 3. The molecular formula is C15H16N4O2S. The van der Waals surface area contributed by atoms with Gasteiger partial charge in [0, 0.05) is 12.8 Å². The maximum Gasteiger partial charge on any atom is 0.336 e. The summed E-state index contributed by atoms with van der Waals surface area (Å²) in [6.07, 6.45) is 0. The monoisotopic (exact) mass is 316 g/mol. The highest BCUT2D eigenvalue weighted by Crippen LogP contribution is 2.27. The number of thiophene rings is 1. The molecule has 0 aliphatic carbocycles. The molecule has 0 aliphatic heterocycles. The Bertz CT molecular complexity index is 740. The summed E-state index contributed by atoms with van der Waals surface area (Å²) in [6, 6.07) is 11.8. The number of rotatable bonds is 6. The highest BCUT2D eigenvalue weighted by atomic mass is 32.1. The number of hydrogen-bond acceptors (Lipinski definition) is 6. The SMILES string of the molecule is COCCOc1nc(-c2cccs2)n(-c2cccc(N)c2)n1. The molecule has 0 spiro atoms. The first-order chi connectivity index (χ1) is 10.8. The van der Waals surface area contributed by atoms with E-state index in [1.165, 1.54) is 0 Å². The average Bonchev–Trinajstić information content (AvgIpc) is 3.16. The second kappa shape index (κ2) is 6.59. The van der Waals surface area contributed by atoms with Crippen molar-refractivity contribution in [2.75, 3.05) is 26.1 Å². The van der Waals surface area contributed by atoms with E-state index in [0.717, 1.165) is 16.4 Å². The van der Waals surface area contributed by atoms with Crippen LogP contribution in [0.25, 0.3) is 16.4 Å². The summed E-state index contributed by atoms with van der Waals surface area (Å²) in [6.45, 7) is 0.891. The van der Waals surface area contributed by atoms with Crippen LogP contribution < -0.4 is 10.5 Å². The van der Waals surface area contributed by atoms with E-state index >= 15 is 0 Å². The van der Waals surface area contributed by atoms with E-state index in [2.05, 4.69) is 10.1 Å². The lowest BCUT2D eigenvalue weighted by Crippen LogP contribution is -2.05. The molecular weight excluding hydrogens is 300 g/mol. The molecule has 0 aliphatic rings. The Labute approximate surface area is 132 Å². The molecule has 6 nitrogen and oxygen atoms in total. The van der Waals surface area contributed by atoms with E-state index in [9.17, 15) is 0 Å². The van der Waals surface area contributed by atoms with Gasteiger partial charge in [0.25, 0.3) is 0 Å². The zero-order chi connectivity index (χ0) is 15.4. The van der Waals surface area contributed by atoms with E-state index in [1.807, 2.05) is 41.8 Å². The van der Waals surface area contributed by atoms with Crippen molar-refractivity contribution in [3.8, 4) is 22.4 Å². The summed E-state index contributed by atoms with van der Waals surface area (Å²) in [4.78, 5) is 5.48. The Kier molecular flexibility index (Phi) is 4.36. The summed E-state index contributed by atoms with van der Waals surface area (Å²) < 4.78 is 12.2.